The second kappa shape index (κ2) is 9.86. The normalized spacial score (nSPS) is 19.5. The first-order chi connectivity index (χ1) is 15.4. The zero-order valence-corrected chi connectivity index (χ0v) is 19.6. The summed E-state index contributed by atoms with van der Waals surface area (Å²) in [7, 11) is 0. The van der Waals surface area contributed by atoms with Gasteiger partial charge in [0.1, 0.15) is 6.04 Å². The van der Waals surface area contributed by atoms with Crippen molar-refractivity contribution < 1.29 is 9.59 Å². The molecule has 0 saturated carbocycles. The van der Waals surface area contributed by atoms with E-state index in [4.69, 9.17) is 0 Å². The molecule has 0 bridgehead atoms. The number of fused-ring (bicyclic) bond motifs is 1. The molecule has 5 nitrogen and oxygen atoms in total. The first kappa shape index (κ1) is 22.5. The maximum Gasteiger partial charge on any atom is 0.244 e. The van der Waals surface area contributed by atoms with Crippen LogP contribution in [0, 0.1) is 19.8 Å². The molecule has 2 aromatic carbocycles. The van der Waals surface area contributed by atoms with Gasteiger partial charge in [-0.15, -0.1) is 0 Å². The third-order valence-electron chi connectivity index (χ3n) is 7.04. The monoisotopic (exact) mass is 433 g/mol. The van der Waals surface area contributed by atoms with Gasteiger partial charge in [0.05, 0.1) is 6.54 Å². The number of hydrogen-bond donors (Lipinski definition) is 1. The quantitative estimate of drug-likeness (QED) is 0.781. The molecule has 1 atom stereocenters. The van der Waals surface area contributed by atoms with Crippen molar-refractivity contribution in [3.8, 4) is 0 Å². The Morgan fingerprint density at radius 3 is 2.56 bits per heavy atom. The summed E-state index contributed by atoms with van der Waals surface area (Å²) in [5.74, 6) is 0.784. The number of amides is 2. The number of nitrogens with zero attached hydrogens (tertiary/aromatic N) is 2. The molecule has 2 heterocycles. The molecule has 0 aliphatic carbocycles. The van der Waals surface area contributed by atoms with E-state index in [-0.39, 0.29) is 24.4 Å². The number of benzene rings is 2. The average Bonchev–Trinajstić information content (AvgIpc) is 2.79. The van der Waals surface area contributed by atoms with E-state index in [1.807, 2.05) is 17.0 Å². The van der Waals surface area contributed by atoms with Crippen molar-refractivity contribution in [3.63, 3.8) is 0 Å². The molecular weight excluding hydrogens is 398 g/mol. The molecule has 170 valence electrons. The number of likely N-dealkylation sites (tertiary alicyclic amines) is 1. The first-order valence-electron chi connectivity index (χ1n) is 11.9. The Morgan fingerprint density at radius 2 is 1.78 bits per heavy atom. The lowest BCUT2D eigenvalue weighted by atomic mass is 9.90. The molecule has 0 radical (unpaired) electrons. The number of aryl methyl sites for hydroxylation is 2. The van der Waals surface area contributed by atoms with Gasteiger partial charge in [-0.25, -0.2) is 0 Å². The van der Waals surface area contributed by atoms with Crippen molar-refractivity contribution in [2.75, 3.05) is 26.2 Å². The zero-order valence-electron chi connectivity index (χ0n) is 19.6. The highest BCUT2D eigenvalue weighted by Gasteiger charge is 2.37. The summed E-state index contributed by atoms with van der Waals surface area (Å²) in [6.07, 6.45) is 2.97. The topological polar surface area (TPSA) is 52.7 Å². The third kappa shape index (κ3) is 5.04. The van der Waals surface area contributed by atoms with Gasteiger partial charge in [0.15, 0.2) is 0 Å². The van der Waals surface area contributed by atoms with Gasteiger partial charge >= 0.3 is 0 Å². The van der Waals surface area contributed by atoms with Gasteiger partial charge in [-0.2, -0.15) is 0 Å². The van der Waals surface area contributed by atoms with Crippen LogP contribution < -0.4 is 5.32 Å². The van der Waals surface area contributed by atoms with Gasteiger partial charge < -0.3 is 10.2 Å². The van der Waals surface area contributed by atoms with Crippen LogP contribution in [0.1, 0.15) is 53.6 Å². The Bertz CT molecular complexity index is 979. The molecule has 2 aliphatic rings. The van der Waals surface area contributed by atoms with Gasteiger partial charge in [0.2, 0.25) is 11.8 Å². The van der Waals surface area contributed by atoms with Crippen LogP contribution in [-0.2, 0) is 22.6 Å². The second-order valence-corrected chi connectivity index (χ2v) is 9.54. The standard InChI is InChI=1S/C27H35N3O2/c1-19-10-13-29(14-11-19)27(32)26-24-7-5-4-6-22(24)12-15-30(26)18-25(31)28-17-23-16-20(2)8-9-21(23)3/h4-9,16,19,26H,10-15,17-18H2,1-3H3,(H,28,31)/t26-/m0/s1. The number of hydrogen-bond acceptors (Lipinski definition) is 3. The van der Waals surface area contributed by atoms with E-state index in [0.29, 0.717) is 19.0 Å². The highest BCUT2D eigenvalue weighted by Crippen LogP contribution is 2.32. The molecule has 4 rings (SSSR count). The van der Waals surface area contributed by atoms with Crippen molar-refractivity contribution >= 4 is 11.8 Å². The van der Waals surface area contributed by atoms with Crippen LogP contribution in [0.5, 0.6) is 0 Å². The molecule has 5 heteroatoms. The van der Waals surface area contributed by atoms with Crippen LogP contribution in [0.2, 0.25) is 0 Å². The molecule has 32 heavy (non-hydrogen) atoms. The highest BCUT2D eigenvalue weighted by molar-refractivity contribution is 5.85. The molecule has 2 aliphatic heterocycles. The minimum atomic E-state index is -0.375. The minimum Gasteiger partial charge on any atom is -0.351 e. The lowest BCUT2D eigenvalue weighted by Crippen LogP contribution is -2.50. The number of rotatable bonds is 5. The summed E-state index contributed by atoms with van der Waals surface area (Å²) in [4.78, 5) is 30.6. The lowest BCUT2D eigenvalue weighted by Gasteiger charge is -2.40. The molecule has 2 aromatic rings. The summed E-state index contributed by atoms with van der Waals surface area (Å²) in [6, 6.07) is 14.1. The maximum atomic E-state index is 13.6. The SMILES string of the molecule is Cc1ccc(C)c(CNC(=O)CN2CCc3ccccc3[C@H]2C(=O)N2CCC(C)CC2)c1. The van der Waals surface area contributed by atoms with E-state index < -0.39 is 0 Å². The van der Waals surface area contributed by atoms with E-state index in [1.165, 1.54) is 16.7 Å². The molecule has 1 N–H and O–H groups in total. The summed E-state index contributed by atoms with van der Waals surface area (Å²) in [5.41, 5.74) is 5.79. The fourth-order valence-electron chi connectivity index (χ4n) is 4.90. The number of piperidine rings is 1. The van der Waals surface area contributed by atoms with Crippen molar-refractivity contribution in [2.45, 2.75) is 52.6 Å². The second-order valence-electron chi connectivity index (χ2n) is 9.54. The smallest absolute Gasteiger partial charge is 0.244 e. The van der Waals surface area contributed by atoms with Gasteiger partial charge in [-0.3, -0.25) is 14.5 Å². The first-order valence-corrected chi connectivity index (χ1v) is 11.9. The van der Waals surface area contributed by atoms with Crippen LogP contribution in [0.15, 0.2) is 42.5 Å². The van der Waals surface area contributed by atoms with E-state index >= 15 is 0 Å². The number of carbonyl (C=O) groups excluding carboxylic acids is 2. The Labute approximate surface area is 191 Å². The molecule has 2 amide bonds. The number of carbonyl (C=O) groups is 2. The third-order valence-corrected chi connectivity index (χ3v) is 7.04. The fourth-order valence-corrected chi connectivity index (χ4v) is 4.90. The molecule has 1 fully saturated rings. The van der Waals surface area contributed by atoms with Crippen LogP contribution in [-0.4, -0.2) is 47.8 Å². The van der Waals surface area contributed by atoms with Crippen LogP contribution in [0.4, 0.5) is 0 Å². The van der Waals surface area contributed by atoms with Gasteiger partial charge in [-0.1, -0.05) is 55.0 Å². The van der Waals surface area contributed by atoms with E-state index in [0.717, 1.165) is 43.5 Å². The molecule has 1 saturated heterocycles. The number of nitrogens with one attached hydrogen (secondary N) is 1. The fraction of sp³-hybridized carbons (Fsp3) is 0.481. The van der Waals surface area contributed by atoms with E-state index in [9.17, 15) is 9.59 Å². The molecule has 0 unspecified atom stereocenters. The van der Waals surface area contributed by atoms with Crippen molar-refractivity contribution in [2.24, 2.45) is 5.92 Å². The van der Waals surface area contributed by atoms with E-state index in [2.05, 4.69) is 61.3 Å². The minimum absolute atomic E-state index is 0.0321. The van der Waals surface area contributed by atoms with Crippen molar-refractivity contribution in [3.05, 3.63) is 70.3 Å². The van der Waals surface area contributed by atoms with Gasteiger partial charge in [0, 0.05) is 26.2 Å². The Morgan fingerprint density at radius 1 is 1.03 bits per heavy atom. The van der Waals surface area contributed by atoms with Crippen molar-refractivity contribution in [1.29, 1.82) is 0 Å². The van der Waals surface area contributed by atoms with E-state index in [1.54, 1.807) is 0 Å². The van der Waals surface area contributed by atoms with Crippen LogP contribution in [0.25, 0.3) is 0 Å². The highest BCUT2D eigenvalue weighted by atomic mass is 16.2. The van der Waals surface area contributed by atoms with Crippen LogP contribution >= 0.6 is 0 Å². The largest absolute Gasteiger partial charge is 0.351 e. The molecule has 0 spiro atoms. The Balaban J connectivity index is 1.48. The average molecular weight is 434 g/mol. The predicted molar refractivity (Wildman–Crippen MR) is 127 cm³/mol. The lowest BCUT2D eigenvalue weighted by molar-refractivity contribution is -0.140. The van der Waals surface area contributed by atoms with Crippen molar-refractivity contribution in [1.82, 2.24) is 15.1 Å². The van der Waals surface area contributed by atoms with Gasteiger partial charge in [0.25, 0.3) is 0 Å². The van der Waals surface area contributed by atoms with Crippen LogP contribution in [0.3, 0.4) is 0 Å². The Kier molecular flexibility index (Phi) is 6.95. The zero-order chi connectivity index (χ0) is 22.7. The maximum absolute atomic E-state index is 13.6. The summed E-state index contributed by atoms with van der Waals surface area (Å²) in [6.45, 7) is 9.47. The summed E-state index contributed by atoms with van der Waals surface area (Å²) >= 11 is 0. The van der Waals surface area contributed by atoms with Gasteiger partial charge in [-0.05, 0) is 61.3 Å². The summed E-state index contributed by atoms with van der Waals surface area (Å²) in [5, 5.41) is 3.08. The Hall–Kier alpha value is -2.66. The molecule has 0 aromatic heterocycles. The molecular formula is C27H35N3O2. The predicted octanol–water partition coefficient (Wildman–Crippen LogP) is 3.78. The summed E-state index contributed by atoms with van der Waals surface area (Å²) < 4.78 is 0.